The van der Waals surface area contributed by atoms with E-state index in [1.165, 1.54) is 11.8 Å². The van der Waals surface area contributed by atoms with Crippen LogP contribution >= 0.6 is 11.8 Å². The first-order valence-electron chi connectivity index (χ1n) is 9.11. The van der Waals surface area contributed by atoms with Crippen molar-refractivity contribution in [1.82, 2.24) is 0 Å². The maximum atomic E-state index is 12.4. The molecule has 0 N–H and O–H groups in total. The lowest BCUT2D eigenvalue weighted by atomic mass is 9.99. The van der Waals surface area contributed by atoms with Crippen LogP contribution in [-0.4, -0.2) is 42.3 Å². The summed E-state index contributed by atoms with van der Waals surface area (Å²) in [6.07, 6.45) is 0.740. The van der Waals surface area contributed by atoms with Crippen LogP contribution in [-0.2, 0) is 14.6 Å². The zero-order valence-electron chi connectivity index (χ0n) is 15.7. The summed E-state index contributed by atoms with van der Waals surface area (Å²) in [5.74, 6) is 0.298. The summed E-state index contributed by atoms with van der Waals surface area (Å²) in [6.45, 7) is 8.08. The number of thioether (sulfide) groups is 1. The van der Waals surface area contributed by atoms with Crippen molar-refractivity contribution in [2.24, 2.45) is 10.9 Å². The number of benzene rings is 1. The summed E-state index contributed by atoms with van der Waals surface area (Å²) in [6, 6.07) is 7.86. The molecule has 0 unspecified atom stereocenters. The summed E-state index contributed by atoms with van der Waals surface area (Å²) in [7, 11) is -3.05. The molecule has 7 heteroatoms. The first-order chi connectivity index (χ1) is 12.2. The molecule has 26 heavy (non-hydrogen) atoms. The van der Waals surface area contributed by atoms with Crippen molar-refractivity contribution in [1.29, 1.82) is 0 Å². The van der Waals surface area contributed by atoms with Crippen molar-refractivity contribution in [2.45, 2.75) is 51.3 Å². The summed E-state index contributed by atoms with van der Waals surface area (Å²) in [5.41, 5.74) is 2.11. The molecule has 0 radical (unpaired) electrons. The van der Waals surface area contributed by atoms with Crippen molar-refractivity contribution < 1.29 is 13.2 Å². The van der Waals surface area contributed by atoms with Gasteiger partial charge >= 0.3 is 0 Å². The van der Waals surface area contributed by atoms with Gasteiger partial charge in [-0.1, -0.05) is 57.7 Å². The molecule has 3 atom stereocenters. The van der Waals surface area contributed by atoms with E-state index in [1.54, 1.807) is 0 Å². The van der Waals surface area contributed by atoms with Gasteiger partial charge in [-0.25, -0.2) is 8.42 Å². The quantitative estimate of drug-likeness (QED) is 0.782. The molecule has 5 nitrogen and oxygen atoms in total. The second-order valence-electron chi connectivity index (χ2n) is 7.43. The SMILES string of the molecule is CC[C@H](C)C(=O)N=C1S[C@H]2CS(=O)(=O)C[C@H]2N1c1ccccc1C(C)C. The van der Waals surface area contributed by atoms with E-state index in [2.05, 4.69) is 24.9 Å². The third-order valence-electron chi connectivity index (χ3n) is 5.12. The first kappa shape index (κ1) is 19.4. The highest BCUT2D eigenvalue weighted by Crippen LogP contribution is 2.43. The van der Waals surface area contributed by atoms with E-state index >= 15 is 0 Å². The molecule has 0 aromatic heterocycles. The van der Waals surface area contributed by atoms with Crippen LogP contribution in [0.25, 0.3) is 0 Å². The van der Waals surface area contributed by atoms with Gasteiger partial charge in [0, 0.05) is 16.9 Å². The Morgan fingerprint density at radius 2 is 1.96 bits per heavy atom. The zero-order chi connectivity index (χ0) is 19.1. The minimum absolute atomic E-state index is 0.0660. The number of hydrogen-bond acceptors (Lipinski definition) is 4. The van der Waals surface area contributed by atoms with Crippen LogP contribution in [0.2, 0.25) is 0 Å². The lowest BCUT2D eigenvalue weighted by Crippen LogP contribution is -2.38. The normalized spacial score (nSPS) is 27.1. The second-order valence-corrected chi connectivity index (χ2v) is 10.8. The van der Waals surface area contributed by atoms with Gasteiger partial charge in [-0.15, -0.1) is 0 Å². The highest BCUT2D eigenvalue weighted by Gasteiger charge is 2.49. The largest absolute Gasteiger partial charge is 0.315 e. The van der Waals surface area contributed by atoms with Crippen molar-refractivity contribution in [2.75, 3.05) is 16.4 Å². The molecule has 0 spiro atoms. The number of aliphatic imine (C=N–C) groups is 1. The molecule has 2 fully saturated rings. The van der Waals surface area contributed by atoms with Gasteiger partial charge in [0.25, 0.3) is 5.91 Å². The Morgan fingerprint density at radius 3 is 2.62 bits per heavy atom. The molecule has 1 aromatic rings. The molecule has 3 rings (SSSR count). The molecule has 2 saturated heterocycles. The molecule has 142 valence electrons. The van der Waals surface area contributed by atoms with Crippen molar-refractivity contribution in [3.05, 3.63) is 29.8 Å². The van der Waals surface area contributed by atoms with Crippen LogP contribution in [0, 0.1) is 5.92 Å². The molecule has 1 aromatic carbocycles. The van der Waals surface area contributed by atoms with Gasteiger partial charge in [0.2, 0.25) is 0 Å². The van der Waals surface area contributed by atoms with Gasteiger partial charge in [-0.2, -0.15) is 4.99 Å². The number of nitrogens with zero attached hydrogens (tertiary/aromatic N) is 2. The molecule has 0 aliphatic carbocycles. The fourth-order valence-electron chi connectivity index (χ4n) is 3.42. The first-order valence-corrected chi connectivity index (χ1v) is 11.8. The number of carbonyl (C=O) groups excluding carboxylic acids is 1. The molecule has 1 amide bonds. The third-order valence-corrected chi connectivity index (χ3v) is 8.33. The van der Waals surface area contributed by atoms with E-state index in [0.29, 0.717) is 11.1 Å². The predicted octanol–water partition coefficient (Wildman–Crippen LogP) is 3.46. The van der Waals surface area contributed by atoms with Crippen LogP contribution in [0.4, 0.5) is 5.69 Å². The van der Waals surface area contributed by atoms with Crippen LogP contribution in [0.3, 0.4) is 0 Å². The van der Waals surface area contributed by atoms with Crippen LogP contribution in [0.5, 0.6) is 0 Å². The molecule has 2 aliphatic heterocycles. The Hall–Kier alpha value is -1.34. The lowest BCUT2D eigenvalue weighted by molar-refractivity contribution is -0.121. The van der Waals surface area contributed by atoms with E-state index in [4.69, 9.17) is 0 Å². The summed E-state index contributed by atoms with van der Waals surface area (Å²) >= 11 is 1.44. The highest BCUT2D eigenvalue weighted by molar-refractivity contribution is 8.16. The number of hydrogen-bond donors (Lipinski definition) is 0. The standard InChI is InChI=1S/C19H26N2O3S2/c1-5-13(4)18(22)20-19-21(15-9-7-6-8-14(15)12(2)3)16-10-26(23,24)11-17(16)25-19/h6-9,12-13,16-17H,5,10-11H2,1-4H3/t13-,16+,17-/m0/s1. The zero-order valence-corrected chi connectivity index (χ0v) is 17.3. The number of amides is 1. The van der Waals surface area contributed by atoms with E-state index < -0.39 is 9.84 Å². The number of amidine groups is 1. The van der Waals surface area contributed by atoms with E-state index in [-0.39, 0.29) is 34.6 Å². The average Bonchev–Trinajstić information content (AvgIpc) is 3.04. The topological polar surface area (TPSA) is 66.8 Å². The fraction of sp³-hybridized carbons (Fsp3) is 0.579. The Bertz CT molecular complexity index is 833. The van der Waals surface area contributed by atoms with Crippen molar-refractivity contribution in [3.63, 3.8) is 0 Å². The van der Waals surface area contributed by atoms with Gasteiger partial charge in [0.15, 0.2) is 15.0 Å². The monoisotopic (exact) mass is 394 g/mol. The number of rotatable bonds is 4. The minimum Gasteiger partial charge on any atom is -0.315 e. The Morgan fingerprint density at radius 1 is 1.27 bits per heavy atom. The number of para-hydroxylation sites is 1. The van der Waals surface area contributed by atoms with Crippen molar-refractivity contribution in [3.8, 4) is 0 Å². The molecular weight excluding hydrogens is 368 g/mol. The second kappa shape index (κ2) is 7.35. The smallest absolute Gasteiger partial charge is 0.250 e. The average molecular weight is 395 g/mol. The Kier molecular flexibility index (Phi) is 5.49. The van der Waals surface area contributed by atoms with Crippen molar-refractivity contribution >= 4 is 38.4 Å². The van der Waals surface area contributed by atoms with Gasteiger partial charge < -0.3 is 4.90 Å². The third kappa shape index (κ3) is 3.69. The van der Waals surface area contributed by atoms with E-state index in [1.807, 2.05) is 36.9 Å². The maximum Gasteiger partial charge on any atom is 0.250 e. The minimum atomic E-state index is -3.05. The summed E-state index contributed by atoms with van der Waals surface area (Å²) in [5, 5.41) is 0.581. The van der Waals surface area contributed by atoms with Gasteiger partial charge in [-0.3, -0.25) is 4.79 Å². The van der Waals surface area contributed by atoms with E-state index in [9.17, 15) is 13.2 Å². The van der Waals surface area contributed by atoms with Gasteiger partial charge in [0.05, 0.1) is 17.5 Å². The number of sulfone groups is 1. The Balaban J connectivity index is 2.07. The predicted molar refractivity (Wildman–Crippen MR) is 109 cm³/mol. The van der Waals surface area contributed by atoms with Gasteiger partial charge in [0.1, 0.15) is 0 Å². The number of carbonyl (C=O) groups is 1. The molecule has 2 aliphatic rings. The number of fused-ring (bicyclic) bond motifs is 1. The van der Waals surface area contributed by atoms with Gasteiger partial charge in [-0.05, 0) is 24.0 Å². The molecule has 0 bridgehead atoms. The van der Waals surface area contributed by atoms with Crippen LogP contribution in [0.1, 0.15) is 45.6 Å². The highest BCUT2D eigenvalue weighted by atomic mass is 32.2. The maximum absolute atomic E-state index is 12.4. The van der Waals surface area contributed by atoms with Crippen LogP contribution < -0.4 is 4.90 Å². The molecule has 2 heterocycles. The van der Waals surface area contributed by atoms with E-state index in [0.717, 1.165) is 17.7 Å². The molecular formula is C19H26N2O3S2. The fourth-order valence-corrected chi connectivity index (χ4v) is 7.33. The summed E-state index contributed by atoms with van der Waals surface area (Å²) < 4.78 is 24.4. The number of anilines is 1. The lowest BCUT2D eigenvalue weighted by Gasteiger charge is -2.28. The summed E-state index contributed by atoms with van der Waals surface area (Å²) in [4.78, 5) is 18.8. The van der Waals surface area contributed by atoms with Crippen LogP contribution in [0.15, 0.2) is 29.3 Å². The molecule has 0 saturated carbocycles. The Labute approximate surface area is 160 Å².